The highest BCUT2D eigenvalue weighted by Gasteiger charge is 2.19. The van der Waals surface area contributed by atoms with Crippen LogP contribution in [0.3, 0.4) is 0 Å². The SMILES string of the molecule is Cc1nc(Cc2ccccc2)sc1C(=O)N(C)Cc1ccccn1. The molecule has 4 nitrogen and oxygen atoms in total. The van der Waals surface area contributed by atoms with Gasteiger partial charge < -0.3 is 4.90 Å². The van der Waals surface area contributed by atoms with Crippen molar-refractivity contribution in [1.29, 1.82) is 0 Å². The lowest BCUT2D eigenvalue weighted by Crippen LogP contribution is -2.26. The third-order valence-electron chi connectivity index (χ3n) is 3.71. The Morgan fingerprint density at radius 1 is 1.12 bits per heavy atom. The molecular formula is C19H19N3OS. The topological polar surface area (TPSA) is 46.1 Å². The van der Waals surface area contributed by atoms with Crippen LogP contribution in [-0.2, 0) is 13.0 Å². The Labute approximate surface area is 145 Å². The first kappa shape index (κ1) is 16.3. The van der Waals surface area contributed by atoms with E-state index in [0.717, 1.165) is 22.8 Å². The maximum absolute atomic E-state index is 12.7. The summed E-state index contributed by atoms with van der Waals surface area (Å²) in [5, 5.41) is 0.966. The summed E-state index contributed by atoms with van der Waals surface area (Å²) in [6, 6.07) is 15.9. The molecule has 0 atom stereocenters. The zero-order valence-corrected chi connectivity index (χ0v) is 14.6. The Balaban J connectivity index is 1.73. The molecule has 122 valence electrons. The second-order valence-electron chi connectivity index (χ2n) is 5.67. The van der Waals surface area contributed by atoms with Gasteiger partial charge in [-0.25, -0.2) is 4.98 Å². The van der Waals surface area contributed by atoms with Crippen LogP contribution in [0.25, 0.3) is 0 Å². The van der Waals surface area contributed by atoms with Gasteiger partial charge >= 0.3 is 0 Å². The van der Waals surface area contributed by atoms with E-state index in [2.05, 4.69) is 22.1 Å². The number of carbonyl (C=O) groups excluding carboxylic acids is 1. The second-order valence-corrected chi connectivity index (χ2v) is 6.75. The van der Waals surface area contributed by atoms with Crippen molar-refractivity contribution in [1.82, 2.24) is 14.9 Å². The van der Waals surface area contributed by atoms with Crippen molar-refractivity contribution < 1.29 is 4.79 Å². The number of rotatable bonds is 5. The molecule has 24 heavy (non-hydrogen) atoms. The Bertz CT molecular complexity index is 815. The Hall–Kier alpha value is -2.53. The molecule has 0 radical (unpaired) electrons. The summed E-state index contributed by atoms with van der Waals surface area (Å²) in [5.41, 5.74) is 2.87. The molecule has 0 saturated carbocycles. The molecule has 0 fully saturated rings. The van der Waals surface area contributed by atoms with Gasteiger partial charge in [-0.05, 0) is 24.6 Å². The molecule has 0 spiro atoms. The second kappa shape index (κ2) is 7.36. The van der Waals surface area contributed by atoms with Crippen molar-refractivity contribution in [2.75, 3.05) is 7.05 Å². The summed E-state index contributed by atoms with van der Waals surface area (Å²) in [6.45, 7) is 2.39. The summed E-state index contributed by atoms with van der Waals surface area (Å²) in [6.07, 6.45) is 2.49. The van der Waals surface area contributed by atoms with Gasteiger partial charge in [0.2, 0.25) is 0 Å². The summed E-state index contributed by atoms with van der Waals surface area (Å²) in [5.74, 6) is -0.00466. The van der Waals surface area contributed by atoms with E-state index in [9.17, 15) is 4.79 Å². The number of thiazole rings is 1. The van der Waals surface area contributed by atoms with E-state index in [-0.39, 0.29) is 5.91 Å². The van der Waals surface area contributed by atoms with Crippen LogP contribution in [0.4, 0.5) is 0 Å². The van der Waals surface area contributed by atoms with Crippen molar-refractivity contribution >= 4 is 17.2 Å². The molecule has 0 aliphatic carbocycles. The normalized spacial score (nSPS) is 10.6. The fourth-order valence-corrected chi connectivity index (χ4v) is 3.57. The molecular weight excluding hydrogens is 318 g/mol. The van der Waals surface area contributed by atoms with Crippen LogP contribution in [0.5, 0.6) is 0 Å². The summed E-state index contributed by atoms with van der Waals surface area (Å²) in [4.78, 5) is 23.9. The Morgan fingerprint density at radius 3 is 2.58 bits per heavy atom. The van der Waals surface area contributed by atoms with Gasteiger partial charge in [0.15, 0.2) is 0 Å². The van der Waals surface area contributed by atoms with Crippen LogP contribution in [0.1, 0.15) is 31.6 Å². The lowest BCUT2D eigenvalue weighted by molar-refractivity contribution is 0.0787. The molecule has 0 unspecified atom stereocenters. The molecule has 0 aliphatic rings. The number of benzene rings is 1. The van der Waals surface area contributed by atoms with E-state index in [1.807, 2.05) is 43.3 Å². The number of aryl methyl sites for hydroxylation is 1. The molecule has 2 aromatic heterocycles. The predicted molar refractivity (Wildman–Crippen MR) is 96.1 cm³/mol. The third-order valence-corrected chi connectivity index (χ3v) is 4.85. The molecule has 0 aliphatic heterocycles. The monoisotopic (exact) mass is 337 g/mol. The highest BCUT2D eigenvalue weighted by Crippen LogP contribution is 2.22. The molecule has 0 bridgehead atoms. The minimum atomic E-state index is -0.00466. The number of amides is 1. The number of nitrogens with zero attached hydrogens (tertiary/aromatic N) is 3. The van der Waals surface area contributed by atoms with Crippen molar-refractivity contribution in [2.24, 2.45) is 0 Å². The minimum Gasteiger partial charge on any atom is -0.335 e. The standard InChI is InChI=1S/C19H19N3OS/c1-14-18(19(23)22(2)13-16-10-6-7-11-20-16)24-17(21-14)12-15-8-4-3-5-9-15/h3-11H,12-13H2,1-2H3. The van der Waals surface area contributed by atoms with Gasteiger partial charge in [0.05, 0.1) is 22.9 Å². The lowest BCUT2D eigenvalue weighted by atomic mass is 10.2. The quantitative estimate of drug-likeness (QED) is 0.713. The number of aromatic nitrogens is 2. The van der Waals surface area contributed by atoms with Crippen LogP contribution in [-0.4, -0.2) is 27.8 Å². The highest BCUT2D eigenvalue weighted by atomic mass is 32.1. The van der Waals surface area contributed by atoms with E-state index in [1.165, 1.54) is 16.9 Å². The average molecular weight is 337 g/mol. The van der Waals surface area contributed by atoms with Gasteiger partial charge in [-0.1, -0.05) is 36.4 Å². The first-order chi connectivity index (χ1) is 11.6. The third kappa shape index (κ3) is 3.86. The number of hydrogen-bond acceptors (Lipinski definition) is 4. The maximum atomic E-state index is 12.7. The molecule has 2 heterocycles. The highest BCUT2D eigenvalue weighted by molar-refractivity contribution is 7.13. The lowest BCUT2D eigenvalue weighted by Gasteiger charge is -2.15. The summed E-state index contributed by atoms with van der Waals surface area (Å²) < 4.78 is 0. The van der Waals surface area contributed by atoms with Crippen molar-refractivity contribution in [3.63, 3.8) is 0 Å². The molecule has 3 aromatic rings. The van der Waals surface area contributed by atoms with Gasteiger partial charge in [0, 0.05) is 19.7 Å². The molecule has 5 heteroatoms. The van der Waals surface area contributed by atoms with E-state index in [0.29, 0.717) is 11.4 Å². The van der Waals surface area contributed by atoms with E-state index in [1.54, 1.807) is 18.1 Å². The van der Waals surface area contributed by atoms with Crippen LogP contribution >= 0.6 is 11.3 Å². The molecule has 1 amide bonds. The largest absolute Gasteiger partial charge is 0.335 e. The van der Waals surface area contributed by atoms with Gasteiger partial charge in [0.25, 0.3) is 5.91 Å². The smallest absolute Gasteiger partial charge is 0.265 e. The van der Waals surface area contributed by atoms with Crippen LogP contribution in [0.15, 0.2) is 54.7 Å². The maximum Gasteiger partial charge on any atom is 0.265 e. The molecule has 1 aromatic carbocycles. The number of hydrogen-bond donors (Lipinski definition) is 0. The van der Waals surface area contributed by atoms with Gasteiger partial charge in [-0.3, -0.25) is 9.78 Å². The zero-order valence-electron chi connectivity index (χ0n) is 13.8. The van der Waals surface area contributed by atoms with Crippen molar-refractivity contribution in [3.05, 3.63) is 81.6 Å². The number of pyridine rings is 1. The van der Waals surface area contributed by atoms with Crippen LogP contribution in [0.2, 0.25) is 0 Å². The van der Waals surface area contributed by atoms with Crippen LogP contribution < -0.4 is 0 Å². The fourth-order valence-electron chi connectivity index (χ4n) is 2.48. The molecule has 0 N–H and O–H groups in total. The van der Waals surface area contributed by atoms with Gasteiger partial charge in [-0.15, -0.1) is 11.3 Å². The van der Waals surface area contributed by atoms with Gasteiger partial charge in [-0.2, -0.15) is 0 Å². The number of carbonyl (C=O) groups is 1. The van der Waals surface area contributed by atoms with Crippen molar-refractivity contribution in [3.8, 4) is 0 Å². The van der Waals surface area contributed by atoms with Crippen LogP contribution in [0, 0.1) is 6.92 Å². The molecule has 3 rings (SSSR count). The minimum absolute atomic E-state index is 0.00466. The summed E-state index contributed by atoms with van der Waals surface area (Å²) >= 11 is 1.48. The van der Waals surface area contributed by atoms with E-state index >= 15 is 0 Å². The Morgan fingerprint density at radius 2 is 1.88 bits per heavy atom. The van der Waals surface area contributed by atoms with E-state index < -0.39 is 0 Å². The first-order valence-electron chi connectivity index (χ1n) is 7.79. The predicted octanol–water partition coefficient (Wildman–Crippen LogP) is 3.71. The zero-order chi connectivity index (χ0) is 16.9. The molecule has 0 saturated heterocycles. The average Bonchev–Trinajstić information content (AvgIpc) is 2.96. The van der Waals surface area contributed by atoms with Crippen molar-refractivity contribution in [2.45, 2.75) is 19.9 Å². The summed E-state index contributed by atoms with van der Waals surface area (Å²) in [7, 11) is 1.80. The van der Waals surface area contributed by atoms with Gasteiger partial charge in [0.1, 0.15) is 4.88 Å². The fraction of sp³-hybridized carbons (Fsp3) is 0.211. The van der Waals surface area contributed by atoms with E-state index in [4.69, 9.17) is 0 Å². The Kier molecular flexibility index (Phi) is 5.01. The first-order valence-corrected chi connectivity index (χ1v) is 8.60.